The van der Waals surface area contributed by atoms with Gasteiger partial charge in [0.05, 0.1) is 0 Å². The molecule has 0 unspecified atom stereocenters. The Morgan fingerprint density at radius 2 is 1.12 bits per heavy atom. The topological polar surface area (TPSA) is 18.5 Å². The molecular weight excluding hydrogens is 228 g/mol. The van der Waals surface area contributed by atoms with Gasteiger partial charge in [-0.05, 0) is 36.8 Å². The molecule has 0 saturated carbocycles. The van der Waals surface area contributed by atoms with Crippen LogP contribution >= 0.6 is 0 Å². The average Bonchev–Trinajstić information content (AvgIpc) is 2.26. The monoisotopic (exact) mass is 260 g/mol. The van der Waals surface area contributed by atoms with E-state index in [0.29, 0.717) is 11.8 Å². The van der Waals surface area contributed by atoms with Gasteiger partial charge in [0.15, 0.2) is 0 Å². The predicted octanol–water partition coefficient (Wildman–Crippen LogP) is 4.59. The van der Waals surface area contributed by atoms with Crippen LogP contribution in [0.5, 0.6) is 0 Å². The summed E-state index contributed by atoms with van der Waals surface area (Å²) >= 11 is 0. The molecule has 0 atom stereocenters. The largest absolute Gasteiger partial charge is 0.394 e. The van der Waals surface area contributed by atoms with Gasteiger partial charge < -0.3 is 8.85 Å². The van der Waals surface area contributed by atoms with Crippen molar-refractivity contribution in [1.29, 1.82) is 0 Å². The third kappa shape index (κ3) is 7.95. The summed E-state index contributed by atoms with van der Waals surface area (Å²) in [5, 5.41) is 0. The fraction of sp³-hybridized carbons (Fsp3) is 1.00. The summed E-state index contributed by atoms with van der Waals surface area (Å²) in [4.78, 5) is 0. The van der Waals surface area contributed by atoms with Crippen LogP contribution in [0.1, 0.15) is 54.4 Å². The van der Waals surface area contributed by atoms with Gasteiger partial charge in [-0.3, -0.25) is 0 Å². The Bertz CT molecular complexity index is 161. The first kappa shape index (κ1) is 17.1. The lowest BCUT2D eigenvalue weighted by atomic mass is 10.2. The summed E-state index contributed by atoms with van der Waals surface area (Å²) in [5.41, 5.74) is 0. The van der Waals surface area contributed by atoms with E-state index in [1.54, 1.807) is 0 Å². The molecule has 0 aromatic heterocycles. The van der Waals surface area contributed by atoms with Crippen LogP contribution in [-0.4, -0.2) is 21.8 Å². The summed E-state index contributed by atoms with van der Waals surface area (Å²) < 4.78 is 12.3. The molecule has 0 aliphatic carbocycles. The zero-order chi connectivity index (χ0) is 13.3. The molecule has 0 spiro atoms. The Labute approximate surface area is 109 Å². The Morgan fingerprint density at radius 1 is 0.765 bits per heavy atom. The van der Waals surface area contributed by atoms with Crippen LogP contribution in [0.15, 0.2) is 0 Å². The highest BCUT2D eigenvalue weighted by atomic mass is 28.4. The molecule has 2 nitrogen and oxygen atoms in total. The van der Waals surface area contributed by atoms with Crippen molar-refractivity contribution >= 4 is 8.56 Å². The highest BCUT2D eigenvalue weighted by Gasteiger charge is 2.33. The van der Waals surface area contributed by atoms with Gasteiger partial charge in [-0.2, -0.15) is 0 Å². The summed E-state index contributed by atoms with van der Waals surface area (Å²) in [6.45, 7) is 15.1. The maximum atomic E-state index is 6.14. The molecule has 0 rings (SSSR count). The van der Waals surface area contributed by atoms with Crippen molar-refractivity contribution < 1.29 is 8.85 Å². The van der Waals surface area contributed by atoms with E-state index in [1.165, 1.54) is 0 Å². The zero-order valence-corrected chi connectivity index (χ0v) is 13.7. The van der Waals surface area contributed by atoms with Crippen molar-refractivity contribution in [3.05, 3.63) is 0 Å². The van der Waals surface area contributed by atoms with Crippen LogP contribution in [-0.2, 0) is 8.85 Å². The SMILES string of the molecule is CC[Si](CC)(OCCC(C)C)OCCC(C)C. The second-order valence-electron chi connectivity index (χ2n) is 5.68. The molecule has 0 fully saturated rings. The second kappa shape index (κ2) is 9.12. The van der Waals surface area contributed by atoms with E-state index >= 15 is 0 Å². The molecule has 104 valence electrons. The lowest BCUT2D eigenvalue weighted by Gasteiger charge is -2.29. The molecule has 0 N–H and O–H groups in total. The van der Waals surface area contributed by atoms with Gasteiger partial charge in [-0.1, -0.05) is 41.5 Å². The summed E-state index contributed by atoms with van der Waals surface area (Å²) in [5.74, 6) is 1.43. The van der Waals surface area contributed by atoms with Crippen LogP contribution in [0.2, 0.25) is 12.1 Å². The van der Waals surface area contributed by atoms with Crippen molar-refractivity contribution in [3.63, 3.8) is 0 Å². The van der Waals surface area contributed by atoms with Crippen LogP contribution in [0.4, 0.5) is 0 Å². The van der Waals surface area contributed by atoms with Crippen LogP contribution in [0.3, 0.4) is 0 Å². The van der Waals surface area contributed by atoms with Gasteiger partial charge in [0, 0.05) is 13.2 Å². The summed E-state index contributed by atoms with van der Waals surface area (Å²) in [7, 11) is -1.88. The van der Waals surface area contributed by atoms with Crippen molar-refractivity contribution in [2.24, 2.45) is 11.8 Å². The van der Waals surface area contributed by atoms with E-state index < -0.39 is 8.56 Å². The minimum Gasteiger partial charge on any atom is -0.394 e. The maximum Gasteiger partial charge on any atom is 0.337 e. The zero-order valence-electron chi connectivity index (χ0n) is 12.7. The van der Waals surface area contributed by atoms with E-state index in [9.17, 15) is 0 Å². The maximum absolute atomic E-state index is 6.14. The highest BCUT2D eigenvalue weighted by Crippen LogP contribution is 2.20. The Kier molecular flexibility index (Phi) is 9.19. The Hall–Kier alpha value is 0.137. The molecule has 0 aliphatic heterocycles. The summed E-state index contributed by atoms with van der Waals surface area (Å²) in [6, 6.07) is 2.14. The first-order valence-corrected chi connectivity index (χ1v) is 9.46. The van der Waals surface area contributed by atoms with E-state index in [2.05, 4.69) is 41.5 Å². The first-order valence-electron chi connectivity index (χ1n) is 7.23. The van der Waals surface area contributed by atoms with Crippen molar-refractivity contribution in [2.75, 3.05) is 13.2 Å². The van der Waals surface area contributed by atoms with E-state index in [-0.39, 0.29) is 0 Å². The van der Waals surface area contributed by atoms with Gasteiger partial charge in [0.25, 0.3) is 0 Å². The van der Waals surface area contributed by atoms with Gasteiger partial charge in [0.1, 0.15) is 0 Å². The Morgan fingerprint density at radius 3 is 1.35 bits per heavy atom. The van der Waals surface area contributed by atoms with E-state index in [0.717, 1.165) is 38.1 Å². The van der Waals surface area contributed by atoms with Gasteiger partial charge >= 0.3 is 8.56 Å². The molecule has 0 saturated heterocycles. The van der Waals surface area contributed by atoms with Crippen molar-refractivity contribution in [1.82, 2.24) is 0 Å². The molecule has 0 bridgehead atoms. The summed E-state index contributed by atoms with van der Waals surface area (Å²) in [6.07, 6.45) is 2.28. The standard InChI is InChI=1S/C14H32O2Si/c1-7-17(8-2,15-11-9-13(3)4)16-12-10-14(5)6/h13-14H,7-12H2,1-6H3. The highest BCUT2D eigenvalue weighted by molar-refractivity contribution is 6.67. The third-order valence-electron chi connectivity index (χ3n) is 3.20. The smallest absolute Gasteiger partial charge is 0.337 e. The molecule has 17 heavy (non-hydrogen) atoms. The number of hydrogen-bond acceptors (Lipinski definition) is 2. The van der Waals surface area contributed by atoms with Crippen molar-refractivity contribution in [2.45, 2.75) is 66.5 Å². The van der Waals surface area contributed by atoms with Gasteiger partial charge in [-0.15, -0.1) is 0 Å². The molecule has 0 aromatic rings. The van der Waals surface area contributed by atoms with Gasteiger partial charge in [-0.25, -0.2) is 0 Å². The molecule has 0 heterocycles. The Balaban J connectivity index is 4.06. The molecule has 0 aromatic carbocycles. The number of rotatable bonds is 10. The molecular formula is C14H32O2Si. The number of hydrogen-bond donors (Lipinski definition) is 0. The van der Waals surface area contributed by atoms with Crippen LogP contribution < -0.4 is 0 Å². The molecule has 0 aliphatic rings. The molecule has 0 radical (unpaired) electrons. The van der Waals surface area contributed by atoms with Crippen LogP contribution in [0, 0.1) is 11.8 Å². The first-order chi connectivity index (χ1) is 7.95. The fourth-order valence-corrected chi connectivity index (χ4v) is 4.04. The second-order valence-corrected chi connectivity index (χ2v) is 9.49. The van der Waals surface area contributed by atoms with E-state index in [4.69, 9.17) is 8.85 Å². The molecule has 0 amide bonds. The van der Waals surface area contributed by atoms with Crippen LogP contribution in [0.25, 0.3) is 0 Å². The van der Waals surface area contributed by atoms with Gasteiger partial charge in [0.2, 0.25) is 0 Å². The average molecular weight is 260 g/mol. The normalized spacial score (nSPS) is 12.7. The third-order valence-corrected chi connectivity index (χ3v) is 6.81. The quantitative estimate of drug-likeness (QED) is 0.535. The fourth-order valence-electron chi connectivity index (χ4n) is 1.66. The molecule has 3 heteroatoms. The van der Waals surface area contributed by atoms with Crippen molar-refractivity contribution in [3.8, 4) is 0 Å². The van der Waals surface area contributed by atoms with E-state index in [1.807, 2.05) is 0 Å². The predicted molar refractivity (Wildman–Crippen MR) is 77.5 cm³/mol. The lowest BCUT2D eigenvalue weighted by Crippen LogP contribution is -2.41. The lowest BCUT2D eigenvalue weighted by molar-refractivity contribution is 0.155. The minimum absolute atomic E-state index is 0.714. The minimum atomic E-state index is -1.88.